The van der Waals surface area contributed by atoms with E-state index >= 15 is 0 Å². The molecule has 0 saturated heterocycles. The van der Waals surface area contributed by atoms with Crippen LogP contribution in [0.25, 0.3) is 16.2 Å². The number of nitrogens with one attached hydrogen (secondary N) is 1. The maximum Gasteiger partial charge on any atom is 0.226 e. The van der Waals surface area contributed by atoms with Crippen LogP contribution in [0.4, 0.5) is 0 Å². The van der Waals surface area contributed by atoms with E-state index in [2.05, 4.69) is 37.4 Å². The van der Waals surface area contributed by atoms with Crippen LogP contribution < -0.4 is 5.32 Å². The standard InChI is InChI=1S/C22H20ClN3OS.ClH/c1-14-3-6-17(9-15(14)2)20-12-26-19(13-28-22(26)25-20)10-21(27)24-11-16-4-7-18(23)8-5-16;/h3-9,12-13H,10-11H2,1-2H3,(H,24,27);1H. The van der Waals surface area contributed by atoms with Gasteiger partial charge in [-0.05, 0) is 48.7 Å². The minimum Gasteiger partial charge on any atom is -0.352 e. The fourth-order valence-electron chi connectivity index (χ4n) is 3.03. The van der Waals surface area contributed by atoms with Crippen molar-refractivity contribution >= 4 is 46.2 Å². The number of imidazole rings is 1. The molecule has 0 bridgehead atoms. The number of hydrogen-bond donors (Lipinski definition) is 1. The molecule has 29 heavy (non-hydrogen) atoms. The van der Waals surface area contributed by atoms with Crippen LogP contribution in [0.3, 0.4) is 0 Å². The third-order valence-electron chi connectivity index (χ3n) is 4.83. The van der Waals surface area contributed by atoms with Gasteiger partial charge in [-0.2, -0.15) is 0 Å². The van der Waals surface area contributed by atoms with Gasteiger partial charge in [0.2, 0.25) is 5.91 Å². The summed E-state index contributed by atoms with van der Waals surface area (Å²) in [7, 11) is 0. The lowest BCUT2D eigenvalue weighted by molar-refractivity contribution is -0.120. The van der Waals surface area contributed by atoms with Gasteiger partial charge in [0, 0.05) is 34.4 Å². The molecule has 0 spiro atoms. The number of carbonyl (C=O) groups is 1. The highest BCUT2D eigenvalue weighted by atomic mass is 35.5. The van der Waals surface area contributed by atoms with Gasteiger partial charge in [0.1, 0.15) is 0 Å². The van der Waals surface area contributed by atoms with Crippen LogP contribution >= 0.6 is 35.3 Å². The summed E-state index contributed by atoms with van der Waals surface area (Å²) in [5.41, 5.74) is 6.50. The van der Waals surface area contributed by atoms with E-state index in [1.807, 2.05) is 40.2 Å². The van der Waals surface area contributed by atoms with E-state index in [1.54, 1.807) is 11.3 Å². The van der Waals surface area contributed by atoms with Crippen molar-refractivity contribution in [3.8, 4) is 11.3 Å². The van der Waals surface area contributed by atoms with Gasteiger partial charge in [-0.15, -0.1) is 23.7 Å². The number of carbonyl (C=O) groups excluding carboxylic acids is 1. The lowest BCUT2D eigenvalue weighted by Gasteiger charge is -2.05. The average Bonchev–Trinajstić information content (AvgIpc) is 3.25. The van der Waals surface area contributed by atoms with Crippen LogP contribution in [0, 0.1) is 13.8 Å². The summed E-state index contributed by atoms with van der Waals surface area (Å²) in [5.74, 6) is -0.0175. The molecule has 0 aliphatic rings. The number of aryl methyl sites for hydroxylation is 2. The molecular weight excluding hydrogens is 425 g/mol. The Labute approximate surface area is 185 Å². The minimum atomic E-state index is -0.0175. The first-order valence-corrected chi connectivity index (χ1v) is 10.3. The van der Waals surface area contributed by atoms with Crippen molar-refractivity contribution in [3.63, 3.8) is 0 Å². The third-order valence-corrected chi connectivity index (χ3v) is 5.97. The number of benzene rings is 2. The van der Waals surface area contributed by atoms with Crippen LogP contribution in [0.1, 0.15) is 22.4 Å². The van der Waals surface area contributed by atoms with Crippen molar-refractivity contribution in [2.24, 2.45) is 0 Å². The summed E-state index contributed by atoms with van der Waals surface area (Å²) < 4.78 is 2.01. The zero-order valence-corrected chi connectivity index (χ0v) is 18.5. The molecule has 2 heterocycles. The fraction of sp³-hybridized carbons (Fsp3) is 0.182. The van der Waals surface area contributed by atoms with Crippen molar-refractivity contribution in [1.29, 1.82) is 0 Å². The first-order valence-electron chi connectivity index (χ1n) is 9.04. The Hall–Kier alpha value is -2.34. The average molecular weight is 446 g/mol. The second-order valence-electron chi connectivity index (χ2n) is 6.88. The lowest BCUT2D eigenvalue weighted by Crippen LogP contribution is -2.24. The predicted molar refractivity (Wildman–Crippen MR) is 122 cm³/mol. The molecule has 2 aromatic heterocycles. The Bertz CT molecular complexity index is 1150. The zero-order valence-electron chi connectivity index (χ0n) is 16.1. The first kappa shape index (κ1) is 21.4. The molecule has 0 aliphatic carbocycles. The first-order chi connectivity index (χ1) is 13.5. The number of hydrogen-bond acceptors (Lipinski definition) is 3. The molecule has 1 N–H and O–H groups in total. The van der Waals surface area contributed by atoms with Crippen molar-refractivity contribution < 1.29 is 4.79 Å². The molecule has 0 atom stereocenters. The Morgan fingerprint density at radius 1 is 1.14 bits per heavy atom. The van der Waals surface area contributed by atoms with Gasteiger partial charge in [0.25, 0.3) is 0 Å². The summed E-state index contributed by atoms with van der Waals surface area (Å²) in [6.07, 6.45) is 2.33. The summed E-state index contributed by atoms with van der Waals surface area (Å²) in [6, 6.07) is 13.8. The fourth-order valence-corrected chi connectivity index (χ4v) is 4.03. The zero-order chi connectivity index (χ0) is 19.7. The molecule has 4 rings (SSSR count). The van der Waals surface area contributed by atoms with Gasteiger partial charge >= 0.3 is 0 Å². The second kappa shape index (κ2) is 8.99. The van der Waals surface area contributed by atoms with E-state index in [9.17, 15) is 4.79 Å². The number of rotatable bonds is 5. The largest absolute Gasteiger partial charge is 0.352 e. The maximum atomic E-state index is 12.4. The highest BCUT2D eigenvalue weighted by molar-refractivity contribution is 7.15. The highest BCUT2D eigenvalue weighted by Crippen LogP contribution is 2.25. The van der Waals surface area contributed by atoms with Gasteiger partial charge < -0.3 is 5.32 Å². The second-order valence-corrected chi connectivity index (χ2v) is 8.16. The molecule has 2 aromatic carbocycles. The van der Waals surface area contributed by atoms with E-state index in [-0.39, 0.29) is 18.3 Å². The molecule has 0 unspecified atom stereocenters. The van der Waals surface area contributed by atoms with Crippen molar-refractivity contribution in [2.75, 3.05) is 0 Å². The van der Waals surface area contributed by atoms with Crippen LogP contribution in [0.15, 0.2) is 54.0 Å². The van der Waals surface area contributed by atoms with E-state index in [4.69, 9.17) is 16.6 Å². The molecule has 4 nitrogen and oxygen atoms in total. The molecule has 7 heteroatoms. The van der Waals surface area contributed by atoms with Crippen LogP contribution in [-0.4, -0.2) is 15.3 Å². The summed E-state index contributed by atoms with van der Waals surface area (Å²) in [5, 5.41) is 5.65. The van der Waals surface area contributed by atoms with Gasteiger partial charge in [0.05, 0.1) is 12.1 Å². The number of aromatic nitrogens is 2. The normalized spacial score (nSPS) is 10.7. The smallest absolute Gasteiger partial charge is 0.226 e. The molecule has 150 valence electrons. The Balaban J connectivity index is 0.00000240. The van der Waals surface area contributed by atoms with Gasteiger partial charge in [0.15, 0.2) is 4.96 Å². The quantitative estimate of drug-likeness (QED) is 0.433. The number of fused-ring (bicyclic) bond motifs is 1. The molecule has 0 saturated carbocycles. The van der Waals surface area contributed by atoms with Gasteiger partial charge in [-0.3, -0.25) is 9.20 Å². The summed E-state index contributed by atoms with van der Waals surface area (Å²) >= 11 is 7.44. The third kappa shape index (κ3) is 4.81. The van der Waals surface area contributed by atoms with Crippen molar-refractivity contribution in [2.45, 2.75) is 26.8 Å². The molecular formula is C22H21Cl2N3OS. The Morgan fingerprint density at radius 3 is 2.62 bits per heavy atom. The summed E-state index contributed by atoms with van der Waals surface area (Å²) in [6.45, 7) is 4.69. The predicted octanol–water partition coefficient (Wildman–Crippen LogP) is 5.61. The van der Waals surface area contributed by atoms with Crippen LogP contribution in [0.5, 0.6) is 0 Å². The number of amides is 1. The number of thiazole rings is 1. The molecule has 0 aliphatic heterocycles. The van der Waals surface area contributed by atoms with Crippen molar-refractivity contribution in [1.82, 2.24) is 14.7 Å². The molecule has 0 radical (unpaired) electrons. The molecule has 1 amide bonds. The SMILES string of the molecule is Cc1ccc(-c2cn3c(CC(=O)NCc4ccc(Cl)cc4)csc3n2)cc1C.Cl. The van der Waals surface area contributed by atoms with E-state index in [0.29, 0.717) is 18.0 Å². The van der Waals surface area contributed by atoms with E-state index in [0.717, 1.165) is 27.5 Å². The Kier molecular flexibility index (Phi) is 6.63. The highest BCUT2D eigenvalue weighted by Gasteiger charge is 2.13. The molecule has 0 fully saturated rings. The van der Waals surface area contributed by atoms with Gasteiger partial charge in [-0.25, -0.2) is 4.98 Å². The van der Waals surface area contributed by atoms with Gasteiger partial charge in [-0.1, -0.05) is 35.9 Å². The lowest BCUT2D eigenvalue weighted by atomic mass is 10.0. The topological polar surface area (TPSA) is 46.4 Å². The van der Waals surface area contributed by atoms with Crippen LogP contribution in [-0.2, 0) is 17.8 Å². The number of halogens is 2. The minimum absolute atomic E-state index is 0. The van der Waals surface area contributed by atoms with Crippen molar-refractivity contribution in [3.05, 3.63) is 81.4 Å². The maximum absolute atomic E-state index is 12.4. The monoisotopic (exact) mass is 445 g/mol. The van der Waals surface area contributed by atoms with Crippen LogP contribution in [0.2, 0.25) is 5.02 Å². The van der Waals surface area contributed by atoms with E-state index < -0.39 is 0 Å². The number of nitrogens with zero attached hydrogens (tertiary/aromatic N) is 2. The Morgan fingerprint density at radius 2 is 1.90 bits per heavy atom. The molecule has 4 aromatic rings. The van der Waals surface area contributed by atoms with E-state index in [1.165, 1.54) is 11.1 Å². The summed E-state index contributed by atoms with van der Waals surface area (Å²) in [4.78, 5) is 18.0.